The van der Waals surface area contributed by atoms with Gasteiger partial charge in [0.2, 0.25) is 5.89 Å². The Bertz CT molecular complexity index is 763. The molecule has 1 aromatic carbocycles. The van der Waals surface area contributed by atoms with E-state index in [1.165, 1.54) is 12.8 Å². The van der Waals surface area contributed by atoms with Crippen LogP contribution in [0.4, 0.5) is 0 Å². The second-order valence-electron chi connectivity index (χ2n) is 5.02. The molecule has 1 saturated carbocycles. The summed E-state index contributed by atoms with van der Waals surface area (Å²) in [7, 11) is 0. The standard InChI is InChI=1S/C15H11ClN4O/c16-12-5-3-10(4-6-12)14-19-20-15(21-14)11-7-17-13(18-8-11)9-1-2-9/h3-9H,1-2H2. The zero-order valence-electron chi connectivity index (χ0n) is 11.0. The van der Waals surface area contributed by atoms with E-state index < -0.39 is 0 Å². The van der Waals surface area contributed by atoms with E-state index in [0.717, 1.165) is 17.0 Å². The predicted molar refractivity (Wildman–Crippen MR) is 77.7 cm³/mol. The molecule has 2 heterocycles. The quantitative estimate of drug-likeness (QED) is 0.737. The fourth-order valence-corrected chi connectivity index (χ4v) is 2.18. The molecule has 2 aromatic heterocycles. The van der Waals surface area contributed by atoms with Crippen LogP contribution in [0.25, 0.3) is 22.9 Å². The molecule has 0 amide bonds. The smallest absolute Gasteiger partial charge is 0.251 e. The van der Waals surface area contributed by atoms with Gasteiger partial charge in [0.05, 0.1) is 5.56 Å². The number of aromatic nitrogens is 4. The van der Waals surface area contributed by atoms with Gasteiger partial charge in [-0.25, -0.2) is 9.97 Å². The molecular weight excluding hydrogens is 288 g/mol. The summed E-state index contributed by atoms with van der Waals surface area (Å²) in [6, 6.07) is 7.25. The molecule has 21 heavy (non-hydrogen) atoms. The normalized spacial score (nSPS) is 14.3. The van der Waals surface area contributed by atoms with Crippen molar-refractivity contribution in [3.63, 3.8) is 0 Å². The van der Waals surface area contributed by atoms with Gasteiger partial charge in [0.25, 0.3) is 5.89 Å². The summed E-state index contributed by atoms with van der Waals surface area (Å²) in [6.45, 7) is 0. The van der Waals surface area contributed by atoms with Gasteiger partial charge < -0.3 is 4.42 Å². The largest absolute Gasteiger partial charge is 0.416 e. The molecular formula is C15H11ClN4O. The fraction of sp³-hybridized carbons (Fsp3) is 0.200. The zero-order chi connectivity index (χ0) is 14.2. The molecule has 0 spiro atoms. The molecule has 0 atom stereocenters. The van der Waals surface area contributed by atoms with Crippen LogP contribution in [0, 0.1) is 0 Å². The molecule has 0 aliphatic heterocycles. The lowest BCUT2D eigenvalue weighted by Crippen LogP contribution is -1.91. The second-order valence-corrected chi connectivity index (χ2v) is 5.46. The summed E-state index contributed by atoms with van der Waals surface area (Å²) in [6.07, 6.45) is 5.83. The number of hydrogen-bond acceptors (Lipinski definition) is 5. The molecule has 1 aliphatic carbocycles. The van der Waals surface area contributed by atoms with E-state index in [1.807, 2.05) is 12.1 Å². The van der Waals surface area contributed by atoms with Crippen LogP contribution in [0.2, 0.25) is 5.02 Å². The maximum absolute atomic E-state index is 5.86. The first-order valence-electron chi connectivity index (χ1n) is 6.71. The highest BCUT2D eigenvalue weighted by molar-refractivity contribution is 6.30. The van der Waals surface area contributed by atoms with Gasteiger partial charge in [-0.05, 0) is 37.1 Å². The van der Waals surface area contributed by atoms with E-state index >= 15 is 0 Å². The van der Waals surface area contributed by atoms with Gasteiger partial charge in [-0.15, -0.1) is 10.2 Å². The number of rotatable bonds is 3. The van der Waals surface area contributed by atoms with Crippen LogP contribution < -0.4 is 0 Å². The average molecular weight is 299 g/mol. The van der Waals surface area contributed by atoms with Gasteiger partial charge >= 0.3 is 0 Å². The van der Waals surface area contributed by atoms with E-state index in [1.54, 1.807) is 24.5 Å². The third-order valence-electron chi connectivity index (χ3n) is 3.38. The molecule has 1 fully saturated rings. The molecule has 1 aliphatic rings. The maximum Gasteiger partial charge on any atom is 0.251 e. The third kappa shape index (κ3) is 2.52. The minimum absolute atomic E-state index is 0.419. The van der Waals surface area contributed by atoms with Crippen LogP contribution in [0.3, 0.4) is 0 Å². The van der Waals surface area contributed by atoms with Crippen LogP contribution in [-0.2, 0) is 0 Å². The number of halogens is 1. The Balaban J connectivity index is 1.62. The van der Waals surface area contributed by atoms with Gasteiger partial charge in [0.1, 0.15) is 5.82 Å². The van der Waals surface area contributed by atoms with Crippen LogP contribution in [-0.4, -0.2) is 20.2 Å². The minimum Gasteiger partial charge on any atom is -0.416 e. The van der Waals surface area contributed by atoms with Gasteiger partial charge in [-0.2, -0.15) is 0 Å². The van der Waals surface area contributed by atoms with Crippen LogP contribution in [0.5, 0.6) is 0 Å². The van der Waals surface area contributed by atoms with Gasteiger partial charge in [-0.1, -0.05) is 11.6 Å². The van der Waals surface area contributed by atoms with Crippen molar-refractivity contribution in [3.8, 4) is 22.9 Å². The highest BCUT2D eigenvalue weighted by Gasteiger charge is 2.26. The maximum atomic E-state index is 5.86. The Kier molecular flexibility index (Phi) is 2.93. The van der Waals surface area contributed by atoms with E-state index in [9.17, 15) is 0 Å². The summed E-state index contributed by atoms with van der Waals surface area (Å²) in [5.74, 6) is 2.30. The first kappa shape index (κ1) is 12.5. The van der Waals surface area contributed by atoms with E-state index in [4.69, 9.17) is 16.0 Å². The minimum atomic E-state index is 0.419. The predicted octanol–water partition coefficient (Wildman–Crippen LogP) is 3.72. The lowest BCUT2D eigenvalue weighted by molar-refractivity contribution is 0.583. The summed E-state index contributed by atoms with van der Waals surface area (Å²) in [4.78, 5) is 8.71. The molecule has 3 aromatic rings. The summed E-state index contributed by atoms with van der Waals surface area (Å²) in [5, 5.41) is 8.76. The third-order valence-corrected chi connectivity index (χ3v) is 3.63. The van der Waals surface area contributed by atoms with E-state index in [2.05, 4.69) is 20.2 Å². The second kappa shape index (κ2) is 4.93. The van der Waals surface area contributed by atoms with Crippen molar-refractivity contribution in [1.82, 2.24) is 20.2 Å². The van der Waals surface area contributed by atoms with Crippen LogP contribution >= 0.6 is 11.6 Å². The van der Waals surface area contributed by atoms with Crippen molar-refractivity contribution in [1.29, 1.82) is 0 Å². The number of nitrogens with zero attached hydrogens (tertiary/aromatic N) is 4. The Morgan fingerprint density at radius 2 is 1.52 bits per heavy atom. The first-order chi connectivity index (χ1) is 10.3. The van der Waals surface area contributed by atoms with E-state index in [0.29, 0.717) is 22.7 Å². The fourth-order valence-electron chi connectivity index (χ4n) is 2.05. The molecule has 0 radical (unpaired) electrons. The van der Waals surface area contributed by atoms with Gasteiger partial charge in [0.15, 0.2) is 0 Å². The Morgan fingerprint density at radius 1 is 0.905 bits per heavy atom. The summed E-state index contributed by atoms with van der Waals surface area (Å²) in [5.41, 5.74) is 1.56. The van der Waals surface area contributed by atoms with Gasteiger partial charge in [0, 0.05) is 28.9 Å². The van der Waals surface area contributed by atoms with Crippen molar-refractivity contribution >= 4 is 11.6 Å². The van der Waals surface area contributed by atoms with Gasteiger partial charge in [-0.3, -0.25) is 0 Å². The highest BCUT2D eigenvalue weighted by Crippen LogP contribution is 2.38. The lowest BCUT2D eigenvalue weighted by Gasteiger charge is -1.97. The molecule has 0 unspecified atom stereocenters. The molecule has 104 valence electrons. The van der Waals surface area contributed by atoms with Crippen molar-refractivity contribution in [2.45, 2.75) is 18.8 Å². The molecule has 5 nitrogen and oxygen atoms in total. The lowest BCUT2D eigenvalue weighted by atomic mass is 10.2. The average Bonchev–Trinajstić information content (AvgIpc) is 3.26. The van der Waals surface area contributed by atoms with Crippen molar-refractivity contribution in [2.24, 2.45) is 0 Å². The number of hydrogen-bond donors (Lipinski definition) is 0. The van der Waals surface area contributed by atoms with Crippen molar-refractivity contribution in [3.05, 3.63) is 47.5 Å². The summed E-state index contributed by atoms with van der Waals surface area (Å²) >= 11 is 5.86. The Hall–Kier alpha value is -2.27. The molecule has 0 N–H and O–H groups in total. The first-order valence-corrected chi connectivity index (χ1v) is 7.09. The monoisotopic (exact) mass is 298 g/mol. The SMILES string of the molecule is Clc1ccc(-c2nnc(-c3cnc(C4CC4)nc3)o2)cc1. The number of benzene rings is 1. The molecule has 6 heteroatoms. The molecule has 0 saturated heterocycles. The van der Waals surface area contributed by atoms with Crippen molar-refractivity contribution < 1.29 is 4.42 Å². The van der Waals surface area contributed by atoms with E-state index in [-0.39, 0.29) is 0 Å². The Labute approximate surface area is 126 Å². The zero-order valence-corrected chi connectivity index (χ0v) is 11.8. The summed E-state index contributed by atoms with van der Waals surface area (Å²) < 4.78 is 5.67. The topological polar surface area (TPSA) is 64.7 Å². The van der Waals surface area contributed by atoms with Crippen LogP contribution in [0.15, 0.2) is 41.1 Å². The van der Waals surface area contributed by atoms with Crippen molar-refractivity contribution in [2.75, 3.05) is 0 Å². The molecule has 0 bridgehead atoms. The Morgan fingerprint density at radius 3 is 2.14 bits per heavy atom. The molecule has 4 rings (SSSR count). The highest BCUT2D eigenvalue weighted by atomic mass is 35.5. The van der Waals surface area contributed by atoms with Crippen LogP contribution in [0.1, 0.15) is 24.6 Å².